The maximum atomic E-state index is 13.3. The van der Waals surface area contributed by atoms with Gasteiger partial charge in [-0.1, -0.05) is 48.0 Å². The Labute approximate surface area is 176 Å². The van der Waals surface area contributed by atoms with E-state index < -0.39 is 0 Å². The molecule has 0 bridgehead atoms. The van der Waals surface area contributed by atoms with Crippen LogP contribution in [-0.4, -0.2) is 62.7 Å². The summed E-state index contributed by atoms with van der Waals surface area (Å²) in [5.41, 5.74) is 3.36. The molecule has 1 aromatic heterocycles. The molecule has 1 unspecified atom stereocenters. The number of nitrogens with zero attached hydrogens (tertiary/aromatic N) is 6. The maximum absolute atomic E-state index is 13.3. The summed E-state index contributed by atoms with van der Waals surface area (Å²) < 4.78 is 15.1. The van der Waals surface area contributed by atoms with E-state index in [-0.39, 0.29) is 11.9 Å². The third-order valence-electron chi connectivity index (χ3n) is 5.60. The number of aromatic nitrogens is 4. The van der Waals surface area contributed by atoms with Gasteiger partial charge < -0.3 is 0 Å². The summed E-state index contributed by atoms with van der Waals surface area (Å²) in [5.74, 6) is 0.561. The quantitative estimate of drug-likeness (QED) is 0.565. The van der Waals surface area contributed by atoms with Crippen LogP contribution >= 0.6 is 0 Å². The summed E-state index contributed by atoms with van der Waals surface area (Å²) in [4.78, 5) is 4.84. The zero-order valence-electron chi connectivity index (χ0n) is 17.3. The predicted molar refractivity (Wildman–Crippen MR) is 115 cm³/mol. The molecule has 1 atom stereocenters. The van der Waals surface area contributed by atoms with Crippen LogP contribution in [0.4, 0.5) is 4.39 Å². The van der Waals surface area contributed by atoms with E-state index in [2.05, 4.69) is 63.1 Å². The third-order valence-corrected chi connectivity index (χ3v) is 5.60. The number of hydrogen-bond acceptors (Lipinski definition) is 5. The van der Waals surface area contributed by atoms with Crippen molar-refractivity contribution in [1.29, 1.82) is 0 Å². The smallest absolute Gasteiger partial charge is 0.173 e. The highest BCUT2D eigenvalue weighted by molar-refractivity contribution is 5.29. The Balaban J connectivity index is 1.63. The van der Waals surface area contributed by atoms with Gasteiger partial charge in [0.15, 0.2) is 5.82 Å². The molecule has 3 aromatic rings. The molecule has 0 aliphatic carbocycles. The van der Waals surface area contributed by atoms with Crippen LogP contribution in [0.5, 0.6) is 0 Å². The minimum atomic E-state index is -0.245. The minimum absolute atomic E-state index is 0.0353. The molecular weight excluding hydrogens is 379 g/mol. The number of piperazine rings is 1. The van der Waals surface area contributed by atoms with Crippen molar-refractivity contribution in [2.75, 3.05) is 32.7 Å². The van der Waals surface area contributed by atoms with E-state index in [1.54, 1.807) is 12.1 Å². The Bertz CT molecular complexity index is 958. The van der Waals surface area contributed by atoms with Crippen molar-refractivity contribution in [3.05, 3.63) is 89.5 Å². The fraction of sp³-hybridized carbons (Fsp3) is 0.348. The van der Waals surface area contributed by atoms with Gasteiger partial charge in [0.05, 0.1) is 12.6 Å². The van der Waals surface area contributed by atoms with E-state index in [9.17, 15) is 4.39 Å². The highest BCUT2D eigenvalue weighted by atomic mass is 19.1. The van der Waals surface area contributed by atoms with Gasteiger partial charge in [0, 0.05) is 32.7 Å². The van der Waals surface area contributed by atoms with Gasteiger partial charge in [0.25, 0.3) is 0 Å². The molecule has 2 heterocycles. The van der Waals surface area contributed by atoms with Gasteiger partial charge in [-0.15, -0.1) is 11.7 Å². The molecule has 0 spiro atoms. The molecule has 7 heteroatoms. The standard InChI is InChI=1S/C23H27FN6/c1-3-12-28-13-15-29(16-14-28)22(20-8-4-18(2)5-9-20)23-25-26-27-30(23)17-19-6-10-21(24)11-7-19/h3-11,22H,1,12-17H2,2H3. The molecule has 156 valence electrons. The van der Waals surface area contributed by atoms with Gasteiger partial charge in [0.2, 0.25) is 0 Å². The van der Waals surface area contributed by atoms with Crippen LogP contribution in [0.25, 0.3) is 0 Å². The minimum Gasteiger partial charge on any atom is -0.297 e. The first-order valence-corrected chi connectivity index (χ1v) is 10.3. The average Bonchev–Trinajstić information content (AvgIpc) is 3.20. The Morgan fingerprint density at radius 2 is 1.73 bits per heavy atom. The Kier molecular flexibility index (Phi) is 6.30. The van der Waals surface area contributed by atoms with Gasteiger partial charge in [-0.2, -0.15) is 0 Å². The lowest BCUT2D eigenvalue weighted by atomic mass is 10.0. The van der Waals surface area contributed by atoms with Gasteiger partial charge in [0.1, 0.15) is 5.82 Å². The van der Waals surface area contributed by atoms with Crippen LogP contribution < -0.4 is 0 Å². The number of tetrazole rings is 1. The summed E-state index contributed by atoms with van der Waals surface area (Å²) in [5, 5.41) is 12.6. The van der Waals surface area contributed by atoms with Crippen molar-refractivity contribution >= 4 is 0 Å². The van der Waals surface area contributed by atoms with Crippen LogP contribution in [0.3, 0.4) is 0 Å². The number of benzene rings is 2. The van der Waals surface area contributed by atoms with E-state index in [1.807, 2.05) is 10.8 Å². The third kappa shape index (κ3) is 4.63. The van der Waals surface area contributed by atoms with Crippen molar-refractivity contribution < 1.29 is 4.39 Å². The maximum Gasteiger partial charge on any atom is 0.173 e. The number of rotatable bonds is 7. The van der Waals surface area contributed by atoms with E-state index >= 15 is 0 Å². The summed E-state index contributed by atoms with van der Waals surface area (Å²) in [6.45, 7) is 11.2. The molecule has 4 rings (SSSR count). The lowest BCUT2D eigenvalue weighted by Crippen LogP contribution is -2.48. The first-order chi connectivity index (χ1) is 14.6. The van der Waals surface area contributed by atoms with Crippen molar-refractivity contribution in [2.24, 2.45) is 0 Å². The number of halogens is 1. The van der Waals surface area contributed by atoms with Crippen molar-refractivity contribution in [2.45, 2.75) is 19.5 Å². The average molecular weight is 407 g/mol. The molecule has 1 aliphatic rings. The Morgan fingerprint density at radius 1 is 1.03 bits per heavy atom. The van der Waals surface area contributed by atoms with Crippen LogP contribution in [0.1, 0.15) is 28.6 Å². The first kappa shape index (κ1) is 20.4. The molecule has 0 saturated carbocycles. The van der Waals surface area contributed by atoms with E-state index in [0.717, 1.165) is 44.1 Å². The number of hydrogen-bond donors (Lipinski definition) is 0. The van der Waals surface area contributed by atoms with Crippen LogP contribution in [0.15, 0.2) is 61.2 Å². The molecule has 0 radical (unpaired) electrons. The Hall–Kier alpha value is -2.90. The molecule has 1 aliphatic heterocycles. The van der Waals surface area contributed by atoms with E-state index in [4.69, 9.17) is 0 Å². The Morgan fingerprint density at radius 3 is 2.40 bits per heavy atom. The molecule has 1 fully saturated rings. The van der Waals surface area contributed by atoms with Gasteiger partial charge in [-0.25, -0.2) is 9.07 Å². The van der Waals surface area contributed by atoms with Crippen molar-refractivity contribution in [3.63, 3.8) is 0 Å². The largest absolute Gasteiger partial charge is 0.297 e. The molecule has 2 aromatic carbocycles. The highest BCUT2D eigenvalue weighted by Gasteiger charge is 2.30. The second-order valence-electron chi connectivity index (χ2n) is 7.76. The lowest BCUT2D eigenvalue weighted by Gasteiger charge is -2.38. The molecule has 30 heavy (non-hydrogen) atoms. The van der Waals surface area contributed by atoms with Crippen molar-refractivity contribution in [1.82, 2.24) is 30.0 Å². The normalized spacial score (nSPS) is 16.5. The fourth-order valence-corrected chi connectivity index (χ4v) is 3.94. The van der Waals surface area contributed by atoms with Crippen LogP contribution in [0.2, 0.25) is 0 Å². The topological polar surface area (TPSA) is 50.1 Å². The second-order valence-corrected chi connectivity index (χ2v) is 7.76. The van der Waals surface area contributed by atoms with Gasteiger partial charge in [-0.3, -0.25) is 9.80 Å². The first-order valence-electron chi connectivity index (χ1n) is 10.3. The fourth-order valence-electron chi connectivity index (χ4n) is 3.94. The lowest BCUT2D eigenvalue weighted by molar-refractivity contribution is 0.112. The number of aryl methyl sites for hydroxylation is 1. The summed E-state index contributed by atoms with van der Waals surface area (Å²) in [6, 6.07) is 15.0. The zero-order valence-corrected chi connectivity index (χ0v) is 17.3. The molecule has 1 saturated heterocycles. The van der Waals surface area contributed by atoms with Crippen LogP contribution in [-0.2, 0) is 6.54 Å². The highest BCUT2D eigenvalue weighted by Crippen LogP contribution is 2.28. The summed E-state index contributed by atoms with van der Waals surface area (Å²) >= 11 is 0. The summed E-state index contributed by atoms with van der Waals surface area (Å²) in [6.07, 6.45) is 1.95. The van der Waals surface area contributed by atoms with Gasteiger partial charge in [-0.05, 0) is 40.6 Å². The SMILES string of the molecule is C=CCN1CCN(C(c2ccc(C)cc2)c2nnnn2Cc2ccc(F)cc2)CC1. The molecule has 0 amide bonds. The molecular formula is C23H27FN6. The molecule has 6 nitrogen and oxygen atoms in total. The molecule has 0 N–H and O–H groups in total. The summed E-state index contributed by atoms with van der Waals surface area (Å²) in [7, 11) is 0. The van der Waals surface area contributed by atoms with E-state index in [1.165, 1.54) is 23.3 Å². The zero-order chi connectivity index (χ0) is 20.9. The predicted octanol–water partition coefficient (Wildman–Crippen LogP) is 3.06. The van der Waals surface area contributed by atoms with Gasteiger partial charge >= 0.3 is 0 Å². The van der Waals surface area contributed by atoms with E-state index in [0.29, 0.717) is 6.54 Å². The van der Waals surface area contributed by atoms with Crippen LogP contribution in [0, 0.1) is 12.7 Å². The second kappa shape index (κ2) is 9.28. The van der Waals surface area contributed by atoms with Crippen molar-refractivity contribution in [3.8, 4) is 0 Å². The monoisotopic (exact) mass is 406 g/mol.